The molecule has 2 aromatic rings. The van der Waals surface area contributed by atoms with E-state index >= 15 is 0 Å². The Labute approximate surface area is 262 Å². The van der Waals surface area contributed by atoms with Crippen molar-refractivity contribution in [1.82, 2.24) is 26.6 Å². The third-order valence-electron chi connectivity index (χ3n) is 7.32. The number of ether oxygens (including phenoxy) is 1. The van der Waals surface area contributed by atoms with E-state index in [-0.39, 0.29) is 31.1 Å². The number of amides is 5. The number of hydrogen-bond acceptors (Lipinski definition) is 6. The van der Waals surface area contributed by atoms with Crippen molar-refractivity contribution in [3.63, 3.8) is 0 Å². The van der Waals surface area contributed by atoms with Gasteiger partial charge in [0.05, 0.1) is 13.2 Å². The number of carbonyl (C=O) groups excluding carboxylic acids is 5. The largest absolute Gasteiger partial charge is 0.467 e. The van der Waals surface area contributed by atoms with Gasteiger partial charge in [0, 0.05) is 19.0 Å². The van der Waals surface area contributed by atoms with Crippen molar-refractivity contribution in [2.45, 2.75) is 70.1 Å². The van der Waals surface area contributed by atoms with Crippen LogP contribution in [0.1, 0.15) is 44.2 Å². The molecule has 0 aromatic heterocycles. The number of esters is 1. The van der Waals surface area contributed by atoms with Gasteiger partial charge in [-0.25, -0.2) is 14.0 Å². The Kier molecular flexibility index (Phi) is 13.5. The van der Waals surface area contributed by atoms with Gasteiger partial charge in [0.25, 0.3) is 0 Å². The predicted octanol–water partition coefficient (Wildman–Crippen LogP) is 2.30. The maximum atomic E-state index is 13.8. The zero-order valence-corrected chi connectivity index (χ0v) is 25.8. The molecule has 45 heavy (non-hydrogen) atoms. The molecule has 0 spiro atoms. The van der Waals surface area contributed by atoms with Crippen molar-refractivity contribution in [3.05, 3.63) is 83.7 Å². The van der Waals surface area contributed by atoms with Crippen LogP contribution in [0.4, 0.5) is 9.18 Å². The van der Waals surface area contributed by atoms with Crippen LogP contribution in [0.15, 0.2) is 66.7 Å². The number of hydrogen-bond donors (Lipinski definition) is 5. The molecule has 12 heteroatoms. The Morgan fingerprint density at radius 1 is 1.00 bits per heavy atom. The molecule has 5 amide bonds. The van der Waals surface area contributed by atoms with Crippen molar-refractivity contribution >= 4 is 29.7 Å². The summed E-state index contributed by atoms with van der Waals surface area (Å²) in [7, 11) is 1.23. The minimum absolute atomic E-state index is 0.121. The lowest BCUT2D eigenvalue weighted by atomic mass is 10.0. The lowest BCUT2D eigenvalue weighted by molar-refractivity contribution is -0.144. The Bertz CT molecular complexity index is 1350. The van der Waals surface area contributed by atoms with Gasteiger partial charge in [0.15, 0.2) is 0 Å². The van der Waals surface area contributed by atoms with E-state index in [1.165, 1.54) is 31.4 Å². The fourth-order valence-corrected chi connectivity index (χ4v) is 4.88. The summed E-state index contributed by atoms with van der Waals surface area (Å²) in [5, 5.41) is 13.7. The molecule has 242 valence electrons. The number of halogens is 1. The van der Waals surface area contributed by atoms with Crippen LogP contribution >= 0.6 is 0 Å². The SMILES string of the molecule is COC(=O)[C@@H](NC(=O)N[C@@H](Cc1ccccc1)C(=O)N[C@H]1CCCCNC(=O)/C=C/[C@H](Cc2cccc(F)c2)NC1=O)C(C)C. The van der Waals surface area contributed by atoms with Crippen molar-refractivity contribution in [3.8, 4) is 0 Å². The Morgan fingerprint density at radius 3 is 2.42 bits per heavy atom. The Hall–Kier alpha value is -4.74. The van der Waals surface area contributed by atoms with E-state index in [1.54, 1.807) is 26.0 Å². The molecule has 11 nitrogen and oxygen atoms in total. The zero-order valence-electron chi connectivity index (χ0n) is 25.8. The molecule has 1 heterocycles. The molecule has 0 aliphatic carbocycles. The van der Waals surface area contributed by atoms with Gasteiger partial charge in [0.1, 0.15) is 23.9 Å². The van der Waals surface area contributed by atoms with Gasteiger partial charge >= 0.3 is 12.0 Å². The molecule has 0 radical (unpaired) electrons. The van der Waals surface area contributed by atoms with Gasteiger partial charge in [-0.1, -0.05) is 62.4 Å². The molecule has 5 N–H and O–H groups in total. The molecule has 0 fully saturated rings. The summed E-state index contributed by atoms with van der Waals surface area (Å²) in [5.41, 5.74) is 1.38. The second kappa shape index (κ2) is 17.5. The van der Waals surface area contributed by atoms with Crippen LogP contribution in [0.5, 0.6) is 0 Å². The summed E-state index contributed by atoms with van der Waals surface area (Å²) >= 11 is 0. The topological polar surface area (TPSA) is 155 Å². The summed E-state index contributed by atoms with van der Waals surface area (Å²) in [4.78, 5) is 64.7. The van der Waals surface area contributed by atoms with Crippen LogP contribution in [-0.2, 0) is 36.8 Å². The van der Waals surface area contributed by atoms with Gasteiger partial charge in [-0.15, -0.1) is 0 Å². The Balaban J connectivity index is 1.81. The van der Waals surface area contributed by atoms with Crippen molar-refractivity contribution in [2.24, 2.45) is 5.92 Å². The van der Waals surface area contributed by atoms with E-state index in [9.17, 15) is 28.4 Å². The van der Waals surface area contributed by atoms with Gasteiger partial charge in [-0.05, 0) is 54.9 Å². The quantitative estimate of drug-likeness (QED) is 0.256. The summed E-state index contributed by atoms with van der Waals surface area (Å²) < 4.78 is 18.6. The standard InChI is InChI=1S/C33H42FN5O6/c1-21(2)29(32(43)45-3)39-33(44)38-27(20-22-10-5-4-6-11-22)31(42)37-26-14-7-8-17-35-28(40)16-15-25(36-30(26)41)19-23-12-9-13-24(34)18-23/h4-6,9-13,15-16,18,21,25-27,29H,7-8,14,17,19-20H2,1-3H3,(H,35,40)(H,36,41)(H,37,42)(H2,38,39,44)/b16-15+/t25-,26+,27+,29+/m1/s1. The number of carbonyl (C=O) groups is 5. The van der Waals surface area contributed by atoms with Crippen LogP contribution < -0.4 is 26.6 Å². The van der Waals surface area contributed by atoms with Gasteiger partial charge in [-0.3, -0.25) is 14.4 Å². The van der Waals surface area contributed by atoms with E-state index < -0.39 is 53.8 Å². The van der Waals surface area contributed by atoms with Gasteiger partial charge in [-0.2, -0.15) is 0 Å². The molecule has 2 aromatic carbocycles. The van der Waals surface area contributed by atoms with Crippen molar-refractivity contribution in [2.75, 3.05) is 13.7 Å². The minimum Gasteiger partial charge on any atom is -0.467 e. The summed E-state index contributed by atoms with van der Waals surface area (Å²) in [5.74, 6) is -2.70. The van der Waals surface area contributed by atoms with Crippen LogP contribution in [-0.4, -0.2) is 67.5 Å². The first-order valence-electron chi connectivity index (χ1n) is 15.1. The molecule has 1 aliphatic rings. The fourth-order valence-electron chi connectivity index (χ4n) is 4.88. The van der Waals surface area contributed by atoms with Crippen LogP contribution in [0.2, 0.25) is 0 Å². The maximum absolute atomic E-state index is 13.8. The summed E-state index contributed by atoms with van der Waals surface area (Å²) in [6, 6.07) is 10.6. The first-order chi connectivity index (χ1) is 21.5. The van der Waals surface area contributed by atoms with Crippen LogP contribution in [0.3, 0.4) is 0 Å². The van der Waals surface area contributed by atoms with E-state index in [0.29, 0.717) is 24.9 Å². The number of methoxy groups -OCH3 is 1. The van der Waals surface area contributed by atoms with E-state index in [1.807, 2.05) is 30.3 Å². The Morgan fingerprint density at radius 2 is 1.73 bits per heavy atom. The fraction of sp³-hybridized carbons (Fsp3) is 0.424. The van der Waals surface area contributed by atoms with Crippen molar-refractivity contribution < 1.29 is 33.1 Å². The van der Waals surface area contributed by atoms with Crippen LogP contribution in [0.25, 0.3) is 0 Å². The molecule has 1 aliphatic heterocycles. The average molecular weight is 624 g/mol. The van der Waals surface area contributed by atoms with E-state index in [2.05, 4.69) is 26.6 Å². The second-order valence-corrected chi connectivity index (χ2v) is 11.3. The van der Waals surface area contributed by atoms with Crippen molar-refractivity contribution in [1.29, 1.82) is 0 Å². The molecule has 3 rings (SSSR count). The van der Waals surface area contributed by atoms with Gasteiger partial charge < -0.3 is 31.3 Å². The number of rotatable bonds is 10. The zero-order chi connectivity index (χ0) is 32.8. The first kappa shape index (κ1) is 34.7. The predicted molar refractivity (Wildman–Crippen MR) is 166 cm³/mol. The summed E-state index contributed by atoms with van der Waals surface area (Å²) in [6.07, 6.45) is 4.56. The number of nitrogens with one attached hydrogen (secondary N) is 5. The minimum atomic E-state index is -1.09. The highest BCUT2D eigenvalue weighted by atomic mass is 19.1. The highest BCUT2D eigenvalue weighted by Crippen LogP contribution is 2.11. The normalized spacial score (nSPS) is 19.4. The van der Waals surface area contributed by atoms with E-state index in [0.717, 1.165) is 5.56 Å². The first-order valence-corrected chi connectivity index (χ1v) is 15.1. The highest BCUT2D eigenvalue weighted by Gasteiger charge is 2.30. The number of benzene rings is 2. The lowest BCUT2D eigenvalue weighted by Gasteiger charge is -2.26. The van der Waals surface area contributed by atoms with Gasteiger partial charge in [0.2, 0.25) is 17.7 Å². The maximum Gasteiger partial charge on any atom is 0.328 e. The molecule has 0 saturated heterocycles. The monoisotopic (exact) mass is 623 g/mol. The molecule has 0 saturated carbocycles. The molecule has 0 bridgehead atoms. The highest BCUT2D eigenvalue weighted by molar-refractivity contribution is 5.93. The smallest absolute Gasteiger partial charge is 0.328 e. The molecular formula is C33H42FN5O6. The molecule has 4 atom stereocenters. The third kappa shape index (κ3) is 11.7. The molecular weight excluding hydrogens is 581 g/mol. The lowest BCUT2D eigenvalue weighted by Crippen LogP contribution is -2.58. The second-order valence-electron chi connectivity index (χ2n) is 11.3. The van der Waals surface area contributed by atoms with E-state index in [4.69, 9.17) is 4.74 Å². The summed E-state index contributed by atoms with van der Waals surface area (Å²) in [6.45, 7) is 3.89. The molecule has 0 unspecified atom stereocenters. The number of urea groups is 1. The average Bonchev–Trinajstić information content (AvgIpc) is 3.00. The van der Waals surface area contributed by atoms with Crippen LogP contribution in [0, 0.1) is 11.7 Å². The third-order valence-corrected chi connectivity index (χ3v) is 7.32.